The Hall–Kier alpha value is -4.33. The van der Waals surface area contributed by atoms with E-state index >= 15 is 0 Å². The maximum atomic E-state index is 13.1. The summed E-state index contributed by atoms with van der Waals surface area (Å²) in [5.41, 5.74) is 2.15. The van der Waals surface area contributed by atoms with Crippen molar-refractivity contribution in [3.63, 3.8) is 0 Å². The molecule has 1 fully saturated rings. The predicted molar refractivity (Wildman–Crippen MR) is 120 cm³/mol. The molecule has 1 aliphatic heterocycles. The van der Waals surface area contributed by atoms with Crippen LogP contribution in [0.1, 0.15) is 29.7 Å². The van der Waals surface area contributed by atoms with Crippen molar-refractivity contribution in [3.05, 3.63) is 95.6 Å². The third kappa shape index (κ3) is 4.36. The average Bonchev–Trinajstić information content (AvgIpc) is 3.11. The van der Waals surface area contributed by atoms with Crippen LogP contribution in [0.2, 0.25) is 0 Å². The number of nitrogens with zero attached hydrogens (tertiary/aromatic N) is 3. The molecule has 1 saturated heterocycles. The van der Waals surface area contributed by atoms with Gasteiger partial charge in [0.25, 0.3) is 11.7 Å². The second-order valence-electron chi connectivity index (χ2n) is 7.33. The molecule has 1 amide bonds. The first-order valence-electron chi connectivity index (χ1n) is 10.4. The van der Waals surface area contributed by atoms with Crippen molar-refractivity contribution in [3.8, 4) is 0 Å². The first-order chi connectivity index (χ1) is 16.0. The van der Waals surface area contributed by atoms with Gasteiger partial charge in [0.05, 0.1) is 24.6 Å². The first-order valence-corrected chi connectivity index (χ1v) is 10.4. The summed E-state index contributed by atoms with van der Waals surface area (Å²) in [4.78, 5) is 47.2. The second kappa shape index (κ2) is 9.44. The van der Waals surface area contributed by atoms with Crippen LogP contribution in [0.4, 0.5) is 5.69 Å². The van der Waals surface area contributed by atoms with Crippen LogP contribution in [0.3, 0.4) is 0 Å². The van der Waals surface area contributed by atoms with E-state index in [1.165, 1.54) is 17.3 Å². The molecule has 1 aliphatic rings. The number of aliphatic hydroxyl groups excluding tert-OH is 1. The van der Waals surface area contributed by atoms with Crippen LogP contribution in [0, 0.1) is 0 Å². The van der Waals surface area contributed by atoms with Crippen molar-refractivity contribution in [2.75, 3.05) is 11.5 Å². The number of aromatic nitrogens is 2. The summed E-state index contributed by atoms with van der Waals surface area (Å²) in [5.74, 6) is -2.17. The molecule has 33 heavy (non-hydrogen) atoms. The molecule has 1 atom stereocenters. The minimum Gasteiger partial charge on any atom is -0.507 e. The number of Topliss-reactive ketones (excluding diaryl/α,β-unsaturated/α-hetero) is 1. The SMILES string of the molecule is CCOC(=O)Cc1ccc(N2C(=O)C(=O)/C(=C(\O)c3ccncc3)C2c2ccncc2)cc1. The fourth-order valence-electron chi connectivity index (χ4n) is 3.78. The van der Waals surface area contributed by atoms with Crippen molar-refractivity contribution >= 4 is 29.1 Å². The fourth-order valence-corrected chi connectivity index (χ4v) is 3.78. The van der Waals surface area contributed by atoms with Crippen LogP contribution >= 0.6 is 0 Å². The standard InChI is InChI=1S/C25H21N3O5/c1-2-33-20(29)15-16-3-5-19(6-4-16)28-22(17-7-11-26-12-8-17)21(24(31)25(28)32)23(30)18-9-13-27-14-10-18/h3-14,22,30H,2,15H2,1H3/b23-21-. The van der Waals surface area contributed by atoms with E-state index in [9.17, 15) is 19.5 Å². The smallest absolute Gasteiger partial charge is 0.310 e. The highest BCUT2D eigenvalue weighted by Crippen LogP contribution is 2.41. The summed E-state index contributed by atoms with van der Waals surface area (Å²) in [6, 6.07) is 12.4. The van der Waals surface area contributed by atoms with Gasteiger partial charge in [0.2, 0.25) is 0 Å². The second-order valence-corrected chi connectivity index (χ2v) is 7.33. The third-order valence-electron chi connectivity index (χ3n) is 5.29. The topological polar surface area (TPSA) is 110 Å². The number of benzene rings is 1. The Bertz CT molecular complexity index is 1210. The molecule has 8 heteroatoms. The minimum absolute atomic E-state index is 0.0204. The van der Waals surface area contributed by atoms with Gasteiger partial charge in [-0.1, -0.05) is 12.1 Å². The molecule has 0 radical (unpaired) electrons. The molecule has 3 heterocycles. The van der Waals surface area contributed by atoms with E-state index in [0.29, 0.717) is 29.0 Å². The zero-order valence-electron chi connectivity index (χ0n) is 17.8. The van der Waals surface area contributed by atoms with E-state index in [2.05, 4.69) is 9.97 Å². The van der Waals surface area contributed by atoms with Gasteiger partial charge in [-0.05, 0) is 54.4 Å². The normalized spacial score (nSPS) is 17.2. The summed E-state index contributed by atoms with van der Waals surface area (Å²) in [6.07, 6.45) is 6.21. The quantitative estimate of drug-likeness (QED) is 0.270. The highest BCUT2D eigenvalue weighted by Gasteiger charge is 2.46. The maximum Gasteiger partial charge on any atom is 0.310 e. The van der Waals surface area contributed by atoms with E-state index in [-0.39, 0.29) is 23.7 Å². The lowest BCUT2D eigenvalue weighted by molar-refractivity contribution is -0.142. The molecular weight excluding hydrogens is 422 g/mol. The molecule has 1 aromatic carbocycles. The molecule has 0 bridgehead atoms. The number of aliphatic hydroxyl groups is 1. The fraction of sp³-hybridized carbons (Fsp3) is 0.160. The Balaban J connectivity index is 1.78. The van der Waals surface area contributed by atoms with Gasteiger partial charge in [-0.3, -0.25) is 29.3 Å². The van der Waals surface area contributed by atoms with E-state index in [0.717, 1.165) is 0 Å². The molecule has 4 rings (SSSR count). The number of ether oxygens (including phenoxy) is 1. The Kier molecular flexibility index (Phi) is 6.26. The van der Waals surface area contributed by atoms with Crippen molar-refractivity contribution < 1.29 is 24.2 Å². The molecule has 3 aromatic rings. The maximum absolute atomic E-state index is 13.1. The Morgan fingerprint density at radius 3 is 2.18 bits per heavy atom. The van der Waals surface area contributed by atoms with Crippen LogP contribution in [0.25, 0.3) is 5.76 Å². The number of carbonyl (C=O) groups excluding carboxylic acids is 3. The zero-order valence-corrected chi connectivity index (χ0v) is 17.8. The average molecular weight is 443 g/mol. The van der Waals surface area contributed by atoms with Gasteiger partial charge in [0.15, 0.2) is 0 Å². The monoisotopic (exact) mass is 443 g/mol. The predicted octanol–water partition coefficient (Wildman–Crippen LogP) is 3.21. The number of anilines is 1. The summed E-state index contributed by atoms with van der Waals surface area (Å²) in [7, 11) is 0. The number of hydrogen-bond acceptors (Lipinski definition) is 7. The van der Waals surface area contributed by atoms with Crippen molar-refractivity contribution in [1.82, 2.24) is 9.97 Å². The highest BCUT2D eigenvalue weighted by molar-refractivity contribution is 6.51. The van der Waals surface area contributed by atoms with E-state index in [1.54, 1.807) is 67.8 Å². The van der Waals surface area contributed by atoms with E-state index < -0.39 is 17.7 Å². The number of amides is 1. The van der Waals surface area contributed by atoms with Gasteiger partial charge in [-0.2, -0.15) is 0 Å². The Morgan fingerprint density at radius 2 is 1.58 bits per heavy atom. The molecule has 0 spiro atoms. The van der Waals surface area contributed by atoms with Gasteiger partial charge < -0.3 is 9.84 Å². The van der Waals surface area contributed by atoms with Gasteiger partial charge in [0, 0.05) is 36.0 Å². The van der Waals surface area contributed by atoms with Crippen LogP contribution < -0.4 is 4.90 Å². The van der Waals surface area contributed by atoms with E-state index in [4.69, 9.17) is 4.74 Å². The van der Waals surface area contributed by atoms with Crippen molar-refractivity contribution in [2.24, 2.45) is 0 Å². The lowest BCUT2D eigenvalue weighted by Crippen LogP contribution is -2.29. The molecule has 1 N–H and O–H groups in total. The number of ketones is 1. The molecule has 0 saturated carbocycles. The van der Waals surface area contributed by atoms with Crippen molar-refractivity contribution in [2.45, 2.75) is 19.4 Å². The summed E-state index contributed by atoms with van der Waals surface area (Å²) < 4.78 is 4.97. The molecule has 2 aromatic heterocycles. The number of pyridine rings is 2. The summed E-state index contributed by atoms with van der Waals surface area (Å²) >= 11 is 0. The van der Waals surface area contributed by atoms with Crippen LogP contribution in [0.5, 0.6) is 0 Å². The molecule has 0 aliphatic carbocycles. The lowest BCUT2D eigenvalue weighted by Gasteiger charge is -2.25. The molecule has 1 unspecified atom stereocenters. The van der Waals surface area contributed by atoms with Gasteiger partial charge >= 0.3 is 5.97 Å². The number of carbonyl (C=O) groups is 3. The molecule has 8 nitrogen and oxygen atoms in total. The largest absolute Gasteiger partial charge is 0.507 e. The third-order valence-corrected chi connectivity index (χ3v) is 5.29. The number of rotatable bonds is 6. The molecular formula is C25H21N3O5. The number of esters is 1. The minimum atomic E-state index is -0.850. The zero-order chi connectivity index (χ0) is 23.4. The highest BCUT2D eigenvalue weighted by atomic mass is 16.5. The van der Waals surface area contributed by atoms with Crippen LogP contribution in [-0.2, 0) is 25.5 Å². The lowest BCUT2D eigenvalue weighted by atomic mass is 9.96. The van der Waals surface area contributed by atoms with Crippen LogP contribution in [0.15, 0.2) is 78.9 Å². The summed E-state index contributed by atoms with van der Waals surface area (Å²) in [6.45, 7) is 2.04. The molecule has 166 valence electrons. The Labute approximate surface area is 190 Å². The first kappa shape index (κ1) is 21.9. The van der Waals surface area contributed by atoms with Gasteiger partial charge in [-0.25, -0.2) is 0 Å². The van der Waals surface area contributed by atoms with Gasteiger partial charge in [0.1, 0.15) is 5.76 Å². The Morgan fingerprint density at radius 1 is 0.970 bits per heavy atom. The van der Waals surface area contributed by atoms with E-state index in [1.807, 2.05) is 0 Å². The van der Waals surface area contributed by atoms with Crippen LogP contribution in [-0.4, -0.2) is 39.3 Å². The van der Waals surface area contributed by atoms with Gasteiger partial charge in [-0.15, -0.1) is 0 Å². The number of hydrogen-bond donors (Lipinski definition) is 1. The van der Waals surface area contributed by atoms with Crippen molar-refractivity contribution in [1.29, 1.82) is 0 Å². The summed E-state index contributed by atoms with van der Waals surface area (Å²) in [5, 5.41) is 11.0.